The van der Waals surface area contributed by atoms with Crippen molar-refractivity contribution in [2.45, 2.75) is 71.0 Å². The molecule has 3 heteroatoms. The molecule has 0 aromatic carbocycles. The van der Waals surface area contributed by atoms with E-state index in [1.165, 1.54) is 6.42 Å². The zero-order chi connectivity index (χ0) is 16.4. The Hall–Kier alpha value is -0.540. The summed E-state index contributed by atoms with van der Waals surface area (Å²) in [7, 11) is 1.86. The fraction of sp³-hybridized carbons (Fsp3) is 0.900. The molecule has 0 radical (unpaired) electrons. The number of aliphatic hydroxyl groups is 2. The van der Waals surface area contributed by atoms with Gasteiger partial charge >= 0.3 is 0 Å². The molecule has 0 bridgehead atoms. The fourth-order valence-electron chi connectivity index (χ4n) is 6.97. The average molecular weight is 320 g/mol. The number of rotatable bonds is 1. The maximum atomic E-state index is 10.5. The molecule has 0 amide bonds. The van der Waals surface area contributed by atoms with E-state index in [0.29, 0.717) is 34.8 Å². The van der Waals surface area contributed by atoms with Crippen molar-refractivity contribution < 1.29 is 14.9 Å². The van der Waals surface area contributed by atoms with Crippen LogP contribution in [0.25, 0.3) is 0 Å². The molecule has 8 atom stereocenters. The van der Waals surface area contributed by atoms with E-state index >= 15 is 0 Å². The lowest BCUT2D eigenvalue weighted by atomic mass is 9.44. The first-order valence-corrected chi connectivity index (χ1v) is 9.50. The minimum Gasteiger partial charge on any atom is -0.512 e. The summed E-state index contributed by atoms with van der Waals surface area (Å²) < 4.78 is 5.99. The monoisotopic (exact) mass is 320 g/mol. The van der Waals surface area contributed by atoms with Gasteiger partial charge in [-0.15, -0.1) is 0 Å². The van der Waals surface area contributed by atoms with Crippen LogP contribution in [0, 0.1) is 34.5 Å². The van der Waals surface area contributed by atoms with E-state index < -0.39 is 0 Å². The lowest BCUT2D eigenvalue weighted by Crippen LogP contribution is -2.58. The third-order valence-electron chi connectivity index (χ3n) is 8.47. The number of methoxy groups -OCH3 is 1. The maximum absolute atomic E-state index is 10.5. The van der Waals surface area contributed by atoms with Crippen molar-refractivity contribution in [2.75, 3.05) is 7.11 Å². The number of hydrogen-bond acceptors (Lipinski definition) is 3. The Labute approximate surface area is 140 Å². The number of fused-ring (bicyclic) bond motifs is 5. The van der Waals surface area contributed by atoms with Crippen LogP contribution in [-0.2, 0) is 4.74 Å². The van der Waals surface area contributed by atoms with Crippen molar-refractivity contribution in [3.05, 3.63) is 11.8 Å². The predicted octanol–water partition coefficient (Wildman–Crippen LogP) is 4.07. The molecule has 0 spiro atoms. The second-order valence-electron chi connectivity index (χ2n) is 9.21. The lowest BCUT2D eigenvalue weighted by molar-refractivity contribution is -0.176. The summed E-state index contributed by atoms with van der Waals surface area (Å²) >= 11 is 0. The number of allylic oxidation sites excluding steroid dienone is 2. The first kappa shape index (κ1) is 16.0. The Morgan fingerprint density at radius 2 is 1.91 bits per heavy atom. The summed E-state index contributed by atoms with van der Waals surface area (Å²) in [6.45, 7) is 4.75. The highest BCUT2D eigenvalue weighted by molar-refractivity contribution is 5.21. The Morgan fingerprint density at radius 1 is 1.13 bits per heavy atom. The number of ether oxygens (including phenoxy) is 1. The summed E-state index contributed by atoms with van der Waals surface area (Å²) in [5.74, 6) is 2.97. The summed E-state index contributed by atoms with van der Waals surface area (Å²) in [6.07, 6.45) is 9.68. The van der Waals surface area contributed by atoms with E-state index in [4.69, 9.17) is 4.74 Å². The van der Waals surface area contributed by atoms with E-state index in [1.54, 1.807) is 0 Å². The van der Waals surface area contributed by atoms with Gasteiger partial charge in [0.1, 0.15) is 0 Å². The van der Waals surface area contributed by atoms with E-state index in [2.05, 4.69) is 19.9 Å². The third-order valence-corrected chi connectivity index (χ3v) is 8.47. The van der Waals surface area contributed by atoms with Crippen molar-refractivity contribution in [3.63, 3.8) is 0 Å². The van der Waals surface area contributed by atoms with E-state index in [9.17, 15) is 10.2 Å². The SMILES string of the molecule is CO[C@H]1C[C@@H]2C[C@@H](O)CC[C@]2(C)[C@H]2CC[C@]3(C)C(O)=CC[C@H]3[C@H]12. The zero-order valence-electron chi connectivity index (χ0n) is 14.8. The van der Waals surface area contributed by atoms with Crippen LogP contribution in [0.2, 0.25) is 0 Å². The van der Waals surface area contributed by atoms with Crippen molar-refractivity contribution in [1.82, 2.24) is 0 Å². The van der Waals surface area contributed by atoms with Gasteiger partial charge in [-0.05, 0) is 80.1 Å². The molecule has 4 aliphatic rings. The van der Waals surface area contributed by atoms with Crippen LogP contribution in [0.15, 0.2) is 11.8 Å². The molecule has 3 fully saturated rings. The topological polar surface area (TPSA) is 49.7 Å². The van der Waals surface area contributed by atoms with Gasteiger partial charge < -0.3 is 14.9 Å². The molecule has 0 saturated heterocycles. The first-order chi connectivity index (χ1) is 10.9. The van der Waals surface area contributed by atoms with Crippen LogP contribution in [0.3, 0.4) is 0 Å². The summed E-state index contributed by atoms with van der Waals surface area (Å²) in [5, 5.41) is 20.6. The highest BCUT2D eigenvalue weighted by Crippen LogP contribution is 2.66. The molecule has 0 heterocycles. The van der Waals surface area contributed by atoms with Crippen LogP contribution < -0.4 is 0 Å². The van der Waals surface area contributed by atoms with Gasteiger partial charge in [0, 0.05) is 12.5 Å². The molecule has 2 N–H and O–H groups in total. The minimum absolute atomic E-state index is 0.0324. The molecule has 23 heavy (non-hydrogen) atoms. The van der Waals surface area contributed by atoms with Gasteiger partial charge in [-0.2, -0.15) is 0 Å². The van der Waals surface area contributed by atoms with E-state index in [1.807, 2.05) is 7.11 Å². The van der Waals surface area contributed by atoms with Crippen molar-refractivity contribution in [2.24, 2.45) is 34.5 Å². The molecule has 0 unspecified atom stereocenters. The molecule has 130 valence electrons. The first-order valence-electron chi connectivity index (χ1n) is 9.50. The van der Waals surface area contributed by atoms with Crippen molar-refractivity contribution in [1.29, 1.82) is 0 Å². The van der Waals surface area contributed by atoms with Gasteiger partial charge in [0.25, 0.3) is 0 Å². The van der Waals surface area contributed by atoms with Crippen LogP contribution in [-0.4, -0.2) is 29.5 Å². The molecule has 4 aliphatic carbocycles. The third kappa shape index (κ3) is 2.08. The van der Waals surface area contributed by atoms with Crippen LogP contribution in [0.1, 0.15) is 58.8 Å². The van der Waals surface area contributed by atoms with Crippen molar-refractivity contribution >= 4 is 0 Å². The molecule has 0 aromatic rings. The number of aliphatic hydroxyl groups excluding tert-OH is 2. The van der Waals surface area contributed by atoms with Crippen LogP contribution >= 0.6 is 0 Å². The summed E-state index contributed by atoms with van der Waals surface area (Å²) in [5.41, 5.74) is 0.313. The van der Waals surface area contributed by atoms with Crippen molar-refractivity contribution in [3.8, 4) is 0 Å². The largest absolute Gasteiger partial charge is 0.512 e. The average Bonchev–Trinajstić information content (AvgIpc) is 2.83. The smallest absolute Gasteiger partial charge is 0.0944 e. The van der Waals surface area contributed by atoms with Gasteiger partial charge in [-0.3, -0.25) is 0 Å². The summed E-state index contributed by atoms with van der Waals surface area (Å²) in [6, 6.07) is 0. The Bertz CT molecular complexity index is 515. The maximum Gasteiger partial charge on any atom is 0.0944 e. The van der Waals surface area contributed by atoms with Gasteiger partial charge in [0.05, 0.1) is 18.0 Å². The van der Waals surface area contributed by atoms with Gasteiger partial charge in [0.2, 0.25) is 0 Å². The Morgan fingerprint density at radius 3 is 2.65 bits per heavy atom. The standard InChI is InChI=1S/C20H32O3/c1-19-8-6-13(21)10-12(19)11-16(23-3)18-14-4-5-17(22)20(14,2)9-7-15(18)19/h5,12-16,18,21-22H,4,6-11H2,1-3H3/t12-,13-,14-,15-,16-,18-,19-,20-/m0/s1. The van der Waals surface area contributed by atoms with Gasteiger partial charge in [-0.25, -0.2) is 0 Å². The molecular formula is C20H32O3. The van der Waals surface area contributed by atoms with E-state index in [-0.39, 0.29) is 17.6 Å². The zero-order valence-corrected chi connectivity index (χ0v) is 14.8. The van der Waals surface area contributed by atoms with Gasteiger partial charge in [0.15, 0.2) is 0 Å². The molecule has 3 saturated carbocycles. The second kappa shape index (κ2) is 5.23. The summed E-state index contributed by atoms with van der Waals surface area (Å²) in [4.78, 5) is 0. The lowest BCUT2D eigenvalue weighted by Gasteiger charge is -2.62. The van der Waals surface area contributed by atoms with Gasteiger partial charge in [-0.1, -0.05) is 13.8 Å². The van der Waals surface area contributed by atoms with Crippen LogP contribution in [0.5, 0.6) is 0 Å². The molecule has 3 nitrogen and oxygen atoms in total. The highest BCUT2D eigenvalue weighted by atomic mass is 16.5. The van der Waals surface area contributed by atoms with E-state index in [0.717, 1.165) is 38.5 Å². The highest BCUT2D eigenvalue weighted by Gasteiger charge is 2.61. The quantitative estimate of drug-likeness (QED) is 0.766. The Kier molecular flexibility index (Phi) is 3.63. The molecule has 0 aromatic heterocycles. The second-order valence-corrected chi connectivity index (χ2v) is 9.21. The molecule has 4 rings (SSSR count). The Balaban J connectivity index is 1.70. The minimum atomic E-state index is -0.117. The predicted molar refractivity (Wildman–Crippen MR) is 90.0 cm³/mol. The van der Waals surface area contributed by atoms with Crippen LogP contribution in [0.4, 0.5) is 0 Å². The molecular weight excluding hydrogens is 288 g/mol. The fourth-order valence-corrected chi connectivity index (χ4v) is 6.97. The number of hydrogen-bond donors (Lipinski definition) is 2. The normalized spacial score (nSPS) is 55.6. The molecule has 0 aliphatic heterocycles.